The molecule has 0 saturated carbocycles. The van der Waals surface area contributed by atoms with Crippen LogP contribution < -0.4 is 18.6 Å². The van der Waals surface area contributed by atoms with Crippen LogP contribution in [0.25, 0.3) is 0 Å². The van der Waals surface area contributed by atoms with E-state index in [9.17, 15) is 0 Å². The Morgan fingerprint density at radius 3 is 0.714 bits per heavy atom. The normalized spacial score (nSPS) is 5.14. The van der Waals surface area contributed by atoms with Crippen LogP contribution in [0.5, 0.6) is 0 Å². The molecule has 0 saturated heterocycles. The van der Waals surface area contributed by atoms with Gasteiger partial charge in [-0.2, -0.15) is 0 Å². The third-order valence-electron chi connectivity index (χ3n) is 0. The fraction of sp³-hybridized carbons (Fsp3) is 0. The molecule has 0 bridgehead atoms. The summed E-state index contributed by atoms with van der Waals surface area (Å²) in [7, 11) is 0. The second-order valence-electron chi connectivity index (χ2n) is 0.126. The average Bonchev–Trinajstić information content (AvgIpc) is 1.39. The van der Waals surface area contributed by atoms with Crippen molar-refractivity contribution in [1.82, 2.24) is 0 Å². The monoisotopic (exact) mass is 158 g/mol. The third kappa shape index (κ3) is 137. The molecule has 0 N–H and O–H groups in total. The summed E-state index contributed by atoms with van der Waals surface area (Å²) in [6.07, 6.45) is 0. The number of hydrogen-bond acceptors (Lipinski definition) is 4. The average molecular weight is 159 g/mol. The number of halogens is 2. The van der Waals surface area contributed by atoms with Crippen LogP contribution in [0.1, 0.15) is 0 Å². The van der Waals surface area contributed by atoms with Crippen molar-refractivity contribution in [2.75, 3.05) is 0 Å². The molecule has 0 spiro atoms. The topological polar surface area (TPSA) is 92.2 Å². The van der Waals surface area contributed by atoms with Crippen molar-refractivity contribution in [3.63, 3.8) is 0 Å². The molecule has 0 rings (SSSR count). The van der Waals surface area contributed by atoms with Crippen LogP contribution >= 0.6 is 0 Å². The van der Waals surface area contributed by atoms with E-state index in [2.05, 4.69) is 0 Å². The standard InChI is InChI=1S/2ClO2.Mg/c2*2-1-3;/q2*-1;+2. The second-order valence-corrected chi connectivity index (χ2v) is 0.378. The smallest absolute Gasteiger partial charge is 0.544 e. The molecule has 7 heavy (non-hydrogen) atoms. The van der Waals surface area contributed by atoms with Crippen molar-refractivity contribution < 1.29 is 41.3 Å². The maximum absolute atomic E-state index is 8.24. The van der Waals surface area contributed by atoms with Crippen LogP contribution in [0.4, 0.5) is 0 Å². The van der Waals surface area contributed by atoms with E-state index in [0.717, 1.165) is 0 Å². The molecule has 0 radical (unpaired) electrons. The Labute approximate surface area is 64.4 Å². The molecule has 4 nitrogen and oxygen atoms in total. The van der Waals surface area contributed by atoms with Crippen LogP contribution in [0, 0.1) is 22.7 Å². The van der Waals surface area contributed by atoms with E-state index in [4.69, 9.17) is 18.6 Å². The van der Waals surface area contributed by atoms with E-state index in [1.54, 1.807) is 0 Å². The molecule has 0 aromatic heterocycles. The summed E-state index contributed by atoms with van der Waals surface area (Å²) < 4.78 is 32.9. The van der Waals surface area contributed by atoms with Gasteiger partial charge in [-0.3, -0.25) is 0 Å². The quantitative estimate of drug-likeness (QED) is 0.330. The Hall–Kier alpha value is 1.19. The van der Waals surface area contributed by atoms with Crippen LogP contribution in [0.3, 0.4) is 0 Å². The van der Waals surface area contributed by atoms with Gasteiger partial charge >= 0.3 is 23.1 Å². The summed E-state index contributed by atoms with van der Waals surface area (Å²) in [5.41, 5.74) is 0. The molecule has 0 heterocycles. The molecule has 0 aliphatic heterocycles. The van der Waals surface area contributed by atoms with E-state index < -0.39 is 22.7 Å². The molecular weight excluding hydrogens is 159 g/mol. The summed E-state index contributed by atoms with van der Waals surface area (Å²) in [4.78, 5) is 0. The zero-order chi connectivity index (χ0) is 5.41. The molecule has 7 heteroatoms. The van der Waals surface area contributed by atoms with E-state index in [0.29, 0.717) is 0 Å². The Balaban J connectivity index is -0.0000000400. The van der Waals surface area contributed by atoms with Gasteiger partial charge in [-0.25, -0.2) is 0 Å². The molecule has 0 atom stereocenters. The van der Waals surface area contributed by atoms with Crippen LogP contribution in [-0.2, 0) is 0 Å². The summed E-state index contributed by atoms with van der Waals surface area (Å²) in [6.45, 7) is 0. The SMILES string of the molecule is [Mg+2].[O-][Cl+][O-].[O-][Cl+][O-]. The van der Waals surface area contributed by atoms with Crippen LogP contribution in [-0.4, -0.2) is 23.1 Å². The Morgan fingerprint density at radius 2 is 0.714 bits per heavy atom. The predicted molar refractivity (Wildman–Crippen MR) is 5.75 cm³/mol. The molecule has 0 aromatic rings. The molecule has 0 fully saturated rings. The van der Waals surface area contributed by atoms with Crippen LogP contribution in [0.15, 0.2) is 0 Å². The van der Waals surface area contributed by atoms with Gasteiger partial charge in [-0.1, -0.05) is 0 Å². The molecule has 0 unspecified atom stereocenters. The Kier molecular flexibility index (Phi) is 60.8. The maximum atomic E-state index is 8.24. The molecule has 0 aliphatic rings. The van der Waals surface area contributed by atoms with Crippen molar-refractivity contribution >= 4 is 23.1 Å². The van der Waals surface area contributed by atoms with E-state index in [-0.39, 0.29) is 23.1 Å². The fourth-order valence-electron chi connectivity index (χ4n) is 0. The van der Waals surface area contributed by atoms with Gasteiger partial charge in [0.1, 0.15) is 0 Å². The summed E-state index contributed by atoms with van der Waals surface area (Å²) in [6, 6.07) is 0. The minimum Gasteiger partial charge on any atom is -0.544 e. The van der Waals surface area contributed by atoms with Gasteiger partial charge in [-0.05, 0) is 0 Å². The van der Waals surface area contributed by atoms with Crippen molar-refractivity contribution in [3.05, 3.63) is 0 Å². The Morgan fingerprint density at radius 1 is 0.714 bits per heavy atom. The molecule has 0 aromatic carbocycles. The van der Waals surface area contributed by atoms with Gasteiger partial charge in [0.2, 0.25) is 0 Å². The van der Waals surface area contributed by atoms with Gasteiger partial charge in [-0.15, -0.1) is 0 Å². The van der Waals surface area contributed by atoms with Crippen molar-refractivity contribution in [1.29, 1.82) is 0 Å². The molecule has 0 aliphatic carbocycles. The van der Waals surface area contributed by atoms with Gasteiger partial charge in [0.15, 0.2) is 0 Å². The van der Waals surface area contributed by atoms with Gasteiger partial charge in [0.25, 0.3) is 0 Å². The van der Waals surface area contributed by atoms with Gasteiger partial charge in [0.05, 0.1) is 22.7 Å². The first kappa shape index (κ1) is 15.7. The minimum atomic E-state index is -0.417. The number of hydrogen-bond donors (Lipinski definition) is 0. The predicted octanol–water partition coefficient (Wildman–Crippen LogP) is -5.14. The maximum Gasteiger partial charge on any atom is 2.00 e. The molecular formula is Cl2MgO4. The second kappa shape index (κ2) is 27.1. The van der Waals surface area contributed by atoms with Crippen molar-refractivity contribution in [3.8, 4) is 0 Å². The first-order chi connectivity index (χ1) is 2.83. The van der Waals surface area contributed by atoms with Gasteiger partial charge < -0.3 is 18.6 Å². The molecule has 0 amide bonds. The summed E-state index contributed by atoms with van der Waals surface area (Å²) >= 11 is -0.833. The zero-order valence-electron chi connectivity index (χ0n) is 3.10. The first-order valence-electron chi connectivity index (χ1n) is 0.617. The zero-order valence-corrected chi connectivity index (χ0v) is 6.02. The molecule has 40 valence electrons. The summed E-state index contributed by atoms with van der Waals surface area (Å²) in [5.74, 6) is 0. The summed E-state index contributed by atoms with van der Waals surface area (Å²) in [5, 5.41) is 0. The van der Waals surface area contributed by atoms with Gasteiger partial charge in [0, 0.05) is 0 Å². The first-order valence-corrected chi connectivity index (χ1v) is 1.85. The fourth-order valence-corrected chi connectivity index (χ4v) is 0. The third-order valence-corrected chi connectivity index (χ3v) is 0. The Bertz CT molecular complexity index is 11.7. The van der Waals surface area contributed by atoms with Crippen molar-refractivity contribution in [2.24, 2.45) is 0 Å². The van der Waals surface area contributed by atoms with Crippen LogP contribution in [0.2, 0.25) is 0 Å². The largest absolute Gasteiger partial charge is 2.00 e. The van der Waals surface area contributed by atoms with Crippen molar-refractivity contribution in [2.45, 2.75) is 0 Å². The van der Waals surface area contributed by atoms with E-state index >= 15 is 0 Å². The number of rotatable bonds is 0. The van der Waals surface area contributed by atoms with E-state index in [1.807, 2.05) is 0 Å². The van der Waals surface area contributed by atoms with E-state index in [1.165, 1.54) is 0 Å². The minimum absolute atomic E-state index is 0.